The lowest BCUT2D eigenvalue weighted by Gasteiger charge is -2.07. The molecule has 2 aromatic rings. The number of hydrogen-bond donors (Lipinski definition) is 2. The number of amides is 2. The van der Waals surface area contributed by atoms with E-state index in [4.69, 9.17) is 0 Å². The van der Waals surface area contributed by atoms with E-state index in [1.807, 2.05) is 34.5 Å². The molecule has 106 valence electrons. The molecule has 2 amide bonds. The molecule has 2 heterocycles. The number of hydrogen-bond acceptors (Lipinski definition) is 4. The minimum Gasteiger partial charge on any atom is -0.346 e. The summed E-state index contributed by atoms with van der Waals surface area (Å²) in [5.74, 6) is -0.349. The smallest absolute Gasteiger partial charge is 0.309 e. The molecule has 6 nitrogen and oxygen atoms in total. The van der Waals surface area contributed by atoms with Crippen molar-refractivity contribution in [2.45, 2.75) is 20.0 Å². The molecule has 7 heteroatoms. The van der Waals surface area contributed by atoms with Crippen LogP contribution in [-0.4, -0.2) is 27.9 Å². The second kappa shape index (κ2) is 6.85. The Morgan fingerprint density at radius 1 is 1.35 bits per heavy atom. The van der Waals surface area contributed by atoms with Crippen molar-refractivity contribution >= 4 is 23.2 Å². The Hall–Kier alpha value is -2.15. The van der Waals surface area contributed by atoms with Crippen LogP contribution in [0.25, 0.3) is 0 Å². The highest BCUT2D eigenvalue weighted by molar-refractivity contribution is 7.07. The molecule has 2 N–H and O–H groups in total. The van der Waals surface area contributed by atoms with E-state index in [1.54, 1.807) is 17.5 Å². The summed E-state index contributed by atoms with van der Waals surface area (Å²) in [5.41, 5.74) is 0.991. The molecule has 0 unspecified atom stereocenters. The summed E-state index contributed by atoms with van der Waals surface area (Å²) in [5, 5.41) is 9.01. The van der Waals surface area contributed by atoms with E-state index >= 15 is 0 Å². The molecule has 0 saturated carbocycles. The minimum atomic E-state index is -0.613. The zero-order chi connectivity index (χ0) is 14.4. The van der Waals surface area contributed by atoms with Crippen LogP contribution in [0.15, 0.2) is 29.2 Å². The molecule has 0 bridgehead atoms. The fourth-order valence-electron chi connectivity index (χ4n) is 1.67. The van der Waals surface area contributed by atoms with Gasteiger partial charge >= 0.3 is 11.8 Å². The number of nitrogens with zero attached hydrogens (tertiary/aromatic N) is 2. The maximum atomic E-state index is 11.6. The zero-order valence-corrected chi connectivity index (χ0v) is 11.9. The van der Waals surface area contributed by atoms with E-state index < -0.39 is 11.8 Å². The average molecular weight is 292 g/mol. The van der Waals surface area contributed by atoms with Gasteiger partial charge in [-0.2, -0.15) is 11.3 Å². The molecule has 0 radical (unpaired) electrons. The number of nitrogens with one attached hydrogen (secondary N) is 2. The maximum absolute atomic E-state index is 11.6. The van der Waals surface area contributed by atoms with E-state index in [9.17, 15) is 9.59 Å². The molecule has 0 aliphatic heterocycles. The lowest BCUT2D eigenvalue weighted by molar-refractivity contribution is -0.139. The van der Waals surface area contributed by atoms with E-state index in [0.29, 0.717) is 19.6 Å². The Kier molecular flexibility index (Phi) is 4.89. The van der Waals surface area contributed by atoms with Crippen molar-refractivity contribution in [2.75, 3.05) is 6.54 Å². The van der Waals surface area contributed by atoms with Crippen molar-refractivity contribution in [1.29, 1.82) is 0 Å². The van der Waals surface area contributed by atoms with Gasteiger partial charge in [-0.1, -0.05) is 0 Å². The highest BCUT2D eigenvalue weighted by Gasteiger charge is 2.12. The minimum absolute atomic E-state index is 0.371. The van der Waals surface area contributed by atoms with Crippen LogP contribution in [0, 0.1) is 6.92 Å². The molecule has 0 aliphatic carbocycles. The number of thiophene rings is 1. The van der Waals surface area contributed by atoms with E-state index in [1.165, 1.54) is 0 Å². The zero-order valence-electron chi connectivity index (χ0n) is 11.1. The molecular weight excluding hydrogens is 276 g/mol. The monoisotopic (exact) mass is 292 g/mol. The summed E-state index contributed by atoms with van der Waals surface area (Å²) < 4.78 is 1.91. The van der Waals surface area contributed by atoms with Gasteiger partial charge in [-0.25, -0.2) is 4.98 Å². The van der Waals surface area contributed by atoms with Gasteiger partial charge in [-0.15, -0.1) is 0 Å². The lowest BCUT2D eigenvalue weighted by Crippen LogP contribution is -2.40. The van der Waals surface area contributed by atoms with Crippen LogP contribution in [0.3, 0.4) is 0 Å². The molecule has 0 aromatic carbocycles. The predicted molar refractivity (Wildman–Crippen MR) is 76.1 cm³/mol. The van der Waals surface area contributed by atoms with Gasteiger partial charge in [0, 0.05) is 32.0 Å². The third kappa shape index (κ3) is 3.92. The van der Waals surface area contributed by atoms with Crippen molar-refractivity contribution in [3.8, 4) is 0 Å². The van der Waals surface area contributed by atoms with Gasteiger partial charge in [0.15, 0.2) is 0 Å². The fraction of sp³-hybridized carbons (Fsp3) is 0.308. The Morgan fingerprint density at radius 2 is 2.15 bits per heavy atom. The number of aryl methyl sites for hydroxylation is 1. The number of carbonyl (C=O) groups is 2. The molecule has 2 rings (SSSR count). The Morgan fingerprint density at radius 3 is 2.80 bits per heavy atom. The van der Waals surface area contributed by atoms with Gasteiger partial charge in [-0.3, -0.25) is 9.59 Å². The third-order valence-corrected chi connectivity index (χ3v) is 3.53. The van der Waals surface area contributed by atoms with Gasteiger partial charge in [0.2, 0.25) is 0 Å². The van der Waals surface area contributed by atoms with Gasteiger partial charge in [-0.05, 0) is 29.3 Å². The molecule has 2 aromatic heterocycles. The van der Waals surface area contributed by atoms with Crippen molar-refractivity contribution in [3.05, 3.63) is 40.6 Å². The number of carbonyl (C=O) groups excluding carboxylic acids is 2. The Labute approximate surface area is 120 Å². The van der Waals surface area contributed by atoms with Gasteiger partial charge in [0.1, 0.15) is 5.82 Å². The number of aromatic nitrogens is 2. The number of rotatable bonds is 5. The summed E-state index contributed by atoms with van der Waals surface area (Å²) in [7, 11) is 0. The van der Waals surface area contributed by atoms with Crippen LogP contribution in [0.1, 0.15) is 11.4 Å². The van der Waals surface area contributed by atoms with E-state index in [0.717, 1.165) is 11.4 Å². The number of imidazole rings is 1. The first kappa shape index (κ1) is 14.3. The standard InChI is InChI=1S/C13H16N4O2S/c1-10-14-3-5-17(10)6-4-15-12(18)13(19)16-8-11-2-7-20-9-11/h2-3,5,7,9H,4,6,8H2,1H3,(H,15,18)(H,16,19). The Balaban J connectivity index is 1.69. The van der Waals surface area contributed by atoms with Crippen molar-refractivity contribution in [3.63, 3.8) is 0 Å². The topological polar surface area (TPSA) is 76.0 Å². The maximum Gasteiger partial charge on any atom is 0.309 e. The summed E-state index contributed by atoms with van der Waals surface area (Å²) >= 11 is 1.55. The molecule has 0 aliphatic rings. The van der Waals surface area contributed by atoms with E-state index in [2.05, 4.69) is 15.6 Å². The predicted octanol–water partition coefficient (Wildman–Crippen LogP) is 0.686. The van der Waals surface area contributed by atoms with Gasteiger partial charge in [0.05, 0.1) is 0 Å². The molecule has 0 fully saturated rings. The largest absolute Gasteiger partial charge is 0.346 e. The second-order valence-corrected chi connectivity index (χ2v) is 5.02. The van der Waals surface area contributed by atoms with Crippen molar-refractivity contribution < 1.29 is 9.59 Å². The fourth-order valence-corrected chi connectivity index (χ4v) is 2.33. The highest BCUT2D eigenvalue weighted by Crippen LogP contribution is 2.04. The summed E-state index contributed by atoms with van der Waals surface area (Å²) in [4.78, 5) is 27.2. The first-order valence-electron chi connectivity index (χ1n) is 6.21. The Bertz CT molecular complexity index is 577. The molecular formula is C13H16N4O2S. The second-order valence-electron chi connectivity index (χ2n) is 4.24. The van der Waals surface area contributed by atoms with Crippen molar-refractivity contribution in [1.82, 2.24) is 20.2 Å². The van der Waals surface area contributed by atoms with Crippen LogP contribution in [0.4, 0.5) is 0 Å². The van der Waals surface area contributed by atoms with Crippen LogP contribution < -0.4 is 10.6 Å². The first-order chi connectivity index (χ1) is 9.66. The molecule has 0 spiro atoms. The quantitative estimate of drug-likeness (QED) is 0.796. The van der Waals surface area contributed by atoms with Crippen molar-refractivity contribution in [2.24, 2.45) is 0 Å². The van der Waals surface area contributed by atoms with Gasteiger partial charge in [0.25, 0.3) is 0 Å². The molecule has 0 atom stereocenters. The van der Waals surface area contributed by atoms with Crippen LogP contribution in [0.5, 0.6) is 0 Å². The van der Waals surface area contributed by atoms with Crippen LogP contribution in [0.2, 0.25) is 0 Å². The van der Waals surface area contributed by atoms with E-state index in [-0.39, 0.29) is 0 Å². The molecule has 20 heavy (non-hydrogen) atoms. The van der Waals surface area contributed by atoms with Crippen LogP contribution in [-0.2, 0) is 22.7 Å². The van der Waals surface area contributed by atoms with Gasteiger partial charge < -0.3 is 15.2 Å². The van der Waals surface area contributed by atoms with Crippen LogP contribution >= 0.6 is 11.3 Å². The summed E-state index contributed by atoms with van der Waals surface area (Å²) in [6.07, 6.45) is 3.53. The first-order valence-corrected chi connectivity index (χ1v) is 7.16. The molecule has 0 saturated heterocycles. The normalized spacial score (nSPS) is 10.2. The summed E-state index contributed by atoms with van der Waals surface area (Å²) in [6.45, 7) is 3.24. The summed E-state index contributed by atoms with van der Waals surface area (Å²) in [6, 6.07) is 1.91. The highest BCUT2D eigenvalue weighted by atomic mass is 32.1. The lowest BCUT2D eigenvalue weighted by atomic mass is 10.3. The third-order valence-electron chi connectivity index (χ3n) is 2.80. The average Bonchev–Trinajstić information content (AvgIpc) is 3.08. The SMILES string of the molecule is Cc1nccn1CCNC(=O)C(=O)NCc1ccsc1.